The molecule has 0 unspecified atom stereocenters. The fourth-order valence-electron chi connectivity index (χ4n) is 2.54. The number of carbonyl (C=O) groups excluding carboxylic acids is 1. The van der Waals surface area contributed by atoms with E-state index >= 15 is 0 Å². The molecule has 0 saturated carbocycles. The number of fused-ring (bicyclic) bond motifs is 1. The van der Waals surface area contributed by atoms with Crippen LogP contribution in [0, 0.1) is 0 Å². The molecule has 144 valence electrons. The second kappa shape index (κ2) is 8.88. The summed E-state index contributed by atoms with van der Waals surface area (Å²) in [5, 5.41) is 5.52. The first-order chi connectivity index (χ1) is 13.2. The van der Waals surface area contributed by atoms with Gasteiger partial charge in [0.25, 0.3) is 0 Å². The summed E-state index contributed by atoms with van der Waals surface area (Å²) in [6.07, 6.45) is 0. The standard InChI is InChI=1S/C19H22N2O6/c1-23-15-5-3-13(9-17(15)24-2)11-21-19(22)20-7-8-25-14-4-6-16-18(10-14)27-12-26-16/h3-6,9-10H,7-8,11-12H2,1-2H3,(H2,20,21,22). The summed E-state index contributed by atoms with van der Waals surface area (Å²) < 4.78 is 26.6. The third kappa shape index (κ3) is 4.87. The molecule has 27 heavy (non-hydrogen) atoms. The van der Waals surface area contributed by atoms with Gasteiger partial charge in [0.1, 0.15) is 12.4 Å². The molecule has 0 aliphatic carbocycles. The zero-order valence-electron chi connectivity index (χ0n) is 15.2. The predicted molar refractivity (Wildman–Crippen MR) is 97.8 cm³/mol. The third-order valence-electron chi connectivity index (χ3n) is 3.90. The van der Waals surface area contributed by atoms with E-state index in [0.717, 1.165) is 5.56 Å². The minimum absolute atomic E-state index is 0.223. The van der Waals surface area contributed by atoms with Crippen LogP contribution in [0.4, 0.5) is 4.79 Å². The number of hydrogen-bond acceptors (Lipinski definition) is 6. The lowest BCUT2D eigenvalue weighted by Crippen LogP contribution is -2.37. The van der Waals surface area contributed by atoms with Crippen LogP contribution < -0.4 is 34.3 Å². The van der Waals surface area contributed by atoms with Crippen LogP contribution in [-0.2, 0) is 6.54 Å². The fourth-order valence-corrected chi connectivity index (χ4v) is 2.54. The number of methoxy groups -OCH3 is 2. The highest BCUT2D eigenvalue weighted by molar-refractivity contribution is 5.73. The Morgan fingerprint density at radius 1 is 1.00 bits per heavy atom. The molecular weight excluding hydrogens is 352 g/mol. The molecule has 0 saturated heterocycles. The van der Waals surface area contributed by atoms with Crippen molar-refractivity contribution < 1.29 is 28.5 Å². The Balaban J connectivity index is 1.37. The largest absolute Gasteiger partial charge is 0.493 e. The van der Waals surface area contributed by atoms with E-state index in [4.69, 9.17) is 23.7 Å². The minimum atomic E-state index is -0.279. The molecule has 0 atom stereocenters. The smallest absolute Gasteiger partial charge is 0.315 e. The van der Waals surface area contributed by atoms with Crippen LogP contribution >= 0.6 is 0 Å². The number of carbonyl (C=O) groups is 1. The van der Waals surface area contributed by atoms with Crippen LogP contribution in [0.2, 0.25) is 0 Å². The highest BCUT2D eigenvalue weighted by Crippen LogP contribution is 2.35. The Labute approximate surface area is 157 Å². The van der Waals surface area contributed by atoms with E-state index in [9.17, 15) is 4.79 Å². The highest BCUT2D eigenvalue weighted by atomic mass is 16.7. The van der Waals surface area contributed by atoms with E-state index in [1.54, 1.807) is 38.5 Å². The van der Waals surface area contributed by atoms with Gasteiger partial charge in [0, 0.05) is 12.6 Å². The van der Waals surface area contributed by atoms with Crippen LogP contribution in [0.15, 0.2) is 36.4 Å². The maximum absolute atomic E-state index is 11.9. The molecule has 0 radical (unpaired) electrons. The Morgan fingerprint density at radius 3 is 2.63 bits per heavy atom. The molecule has 2 aromatic carbocycles. The summed E-state index contributed by atoms with van der Waals surface area (Å²) in [5.41, 5.74) is 0.902. The van der Waals surface area contributed by atoms with E-state index in [0.29, 0.717) is 48.4 Å². The SMILES string of the molecule is COc1ccc(CNC(=O)NCCOc2ccc3c(c2)OCO3)cc1OC. The molecule has 1 heterocycles. The quantitative estimate of drug-likeness (QED) is 0.690. The molecule has 2 amide bonds. The molecule has 0 fully saturated rings. The molecule has 8 heteroatoms. The van der Waals surface area contributed by atoms with Gasteiger partial charge in [0.15, 0.2) is 23.0 Å². The highest BCUT2D eigenvalue weighted by Gasteiger charge is 2.13. The molecule has 3 rings (SSSR count). The zero-order valence-corrected chi connectivity index (χ0v) is 15.2. The Hall–Kier alpha value is -3.29. The van der Waals surface area contributed by atoms with Gasteiger partial charge < -0.3 is 34.3 Å². The van der Waals surface area contributed by atoms with Gasteiger partial charge >= 0.3 is 6.03 Å². The van der Waals surface area contributed by atoms with E-state index in [1.165, 1.54) is 0 Å². The van der Waals surface area contributed by atoms with Crippen LogP contribution in [0.1, 0.15) is 5.56 Å². The van der Waals surface area contributed by atoms with Crippen molar-refractivity contribution in [2.24, 2.45) is 0 Å². The summed E-state index contributed by atoms with van der Waals surface area (Å²) in [6.45, 7) is 1.30. The van der Waals surface area contributed by atoms with Crippen LogP contribution in [0.25, 0.3) is 0 Å². The Kier molecular flexibility index (Phi) is 6.09. The summed E-state index contributed by atoms with van der Waals surface area (Å²) in [6, 6.07) is 10.6. The van der Waals surface area contributed by atoms with Gasteiger partial charge in [-0.3, -0.25) is 0 Å². The maximum Gasteiger partial charge on any atom is 0.315 e. The Bertz CT molecular complexity index is 796. The van der Waals surface area contributed by atoms with Crippen molar-refractivity contribution in [3.05, 3.63) is 42.0 Å². The normalized spacial score (nSPS) is 11.6. The number of nitrogens with one attached hydrogen (secondary N) is 2. The van der Waals surface area contributed by atoms with E-state index in [1.807, 2.05) is 12.1 Å². The monoisotopic (exact) mass is 374 g/mol. The van der Waals surface area contributed by atoms with E-state index in [2.05, 4.69) is 10.6 Å². The van der Waals surface area contributed by atoms with Crippen molar-refractivity contribution in [2.75, 3.05) is 34.2 Å². The van der Waals surface area contributed by atoms with Crippen molar-refractivity contribution in [3.8, 4) is 28.7 Å². The number of benzene rings is 2. The van der Waals surface area contributed by atoms with Crippen LogP contribution in [-0.4, -0.2) is 40.2 Å². The first-order valence-corrected chi connectivity index (χ1v) is 8.44. The first kappa shape index (κ1) is 18.5. The number of amides is 2. The van der Waals surface area contributed by atoms with E-state index in [-0.39, 0.29) is 12.8 Å². The molecule has 1 aliphatic heterocycles. The third-order valence-corrected chi connectivity index (χ3v) is 3.90. The van der Waals surface area contributed by atoms with Gasteiger partial charge in [-0.15, -0.1) is 0 Å². The summed E-state index contributed by atoms with van der Waals surface area (Å²) in [5.74, 6) is 3.29. The summed E-state index contributed by atoms with van der Waals surface area (Å²) >= 11 is 0. The number of urea groups is 1. The van der Waals surface area contributed by atoms with Gasteiger partial charge in [0.2, 0.25) is 6.79 Å². The zero-order chi connectivity index (χ0) is 19.1. The summed E-state index contributed by atoms with van der Waals surface area (Å²) in [4.78, 5) is 11.9. The predicted octanol–water partition coefficient (Wildman–Crippen LogP) is 2.31. The molecule has 0 spiro atoms. The first-order valence-electron chi connectivity index (χ1n) is 8.44. The summed E-state index contributed by atoms with van der Waals surface area (Å²) in [7, 11) is 3.15. The lowest BCUT2D eigenvalue weighted by molar-refractivity contribution is 0.173. The average Bonchev–Trinajstić information content (AvgIpc) is 3.17. The molecule has 1 aliphatic rings. The van der Waals surface area contributed by atoms with Crippen molar-refractivity contribution in [3.63, 3.8) is 0 Å². The second-order valence-corrected chi connectivity index (χ2v) is 5.66. The van der Waals surface area contributed by atoms with Gasteiger partial charge in [-0.05, 0) is 29.8 Å². The molecule has 2 N–H and O–H groups in total. The molecule has 0 aromatic heterocycles. The number of ether oxygens (including phenoxy) is 5. The van der Waals surface area contributed by atoms with Gasteiger partial charge in [0.05, 0.1) is 20.8 Å². The van der Waals surface area contributed by atoms with Crippen molar-refractivity contribution in [1.82, 2.24) is 10.6 Å². The molecule has 8 nitrogen and oxygen atoms in total. The van der Waals surface area contributed by atoms with Crippen LogP contribution in [0.5, 0.6) is 28.7 Å². The van der Waals surface area contributed by atoms with Gasteiger partial charge in [-0.2, -0.15) is 0 Å². The number of rotatable bonds is 8. The second-order valence-electron chi connectivity index (χ2n) is 5.66. The van der Waals surface area contributed by atoms with Crippen LogP contribution in [0.3, 0.4) is 0 Å². The minimum Gasteiger partial charge on any atom is -0.493 e. The fraction of sp³-hybridized carbons (Fsp3) is 0.316. The molecule has 0 bridgehead atoms. The van der Waals surface area contributed by atoms with Crippen molar-refractivity contribution in [1.29, 1.82) is 0 Å². The Morgan fingerprint density at radius 2 is 1.81 bits per heavy atom. The van der Waals surface area contributed by atoms with Gasteiger partial charge in [-0.1, -0.05) is 6.07 Å². The van der Waals surface area contributed by atoms with Gasteiger partial charge in [-0.25, -0.2) is 4.79 Å². The number of hydrogen-bond donors (Lipinski definition) is 2. The average molecular weight is 374 g/mol. The lowest BCUT2D eigenvalue weighted by Gasteiger charge is -2.11. The topological polar surface area (TPSA) is 87.3 Å². The molecule has 2 aromatic rings. The van der Waals surface area contributed by atoms with Crippen molar-refractivity contribution >= 4 is 6.03 Å². The van der Waals surface area contributed by atoms with Crippen molar-refractivity contribution in [2.45, 2.75) is 6.54 Å². The lowest BCUT2D eigenvalue weighted by atomic mass is 10.2. The van der Waals surface area contributed by atoms with E-state index < -0.39 is 0 Å². The maximum atomic E-state index is 11.9. The molecular formula is C19H22N2O6.